The van der Waals surface area contributed by atoms with E-state index < -0.39 is 0 Å². The number of nitrogens with one attached hydrogen (secondary N) is 2. The number of hydrogen-bond acceptors (Lipinski definition) is 4. The second-order valence-electron chi connectivity index (χ2n) is 4.41. The highest BCUT2D eigenvalue weighted by atomic mass is 32.1. The Hall–Kier alpha value is -2.36. The third kappa shape index (κ3) is 4.05. The molecular weight excluding hydrogens is 286 g/mol. The zero-order valence-corrected chi connectivity index (χ0v) is 12.3. The molecule has 108 valence electrons. The van der Waals surface area contributed by atoms with E-state index in [2.05, 4.69) is 22.1 Å². The molecule has 0 spiro atoms. The first-order valence-electron chi connectivity index (χ1n) is 6.34. The van der Waals surface area contributed by atoms with Crippen LogP contribution >= 0.6 is 11.3 Å². The van der Waals surface area contributed by atoms with E-state index >= 15 is 0 Å². The van der Waals surface area contributed by atoms with Gasteiger partial charge < -0.3 is 16.0 Å². The molecule has 0 atom stereocenters. The molecule has 2 rings (SSSR count). The summed E-state index contributed by atoms with van der Waals surface area (Å²) in [4.78, 5) is 25.8. The minimum atomic E-state index is -0.233. The molecule has 4 N–H and O–H groups in total. The molecule has 21 heavy (non-hydrogen) atoms. The van der Waals surface area contributed by atoms with Crippen LogP contribution in [-0.4, -0.2) is 17.4 Å². The molecule has 5 nitrogen and oxygen atoms in total. The van der Waals surface area contributed by atoms with Gasteiger partial charge in [-0.3, -0.25) is 9.59 Å². The van der Waals surface area contributed by atoms with Gasteiger partial charge in [0.2, 0.25) is 0 Å². The van der Waals surface area contributed by atoms with E-state index in [0.717, 1.165) is 16.9 Å². The number of carbonyl (C=O) groups is 1. The molecule has 0 saturated carbocycles. The fourth-order valence-electron chi connectivity index (χ4n) is 1.78. The number of benzene rings is 1. The van der Waals surface area contributed by atoms with Crippen molar-refractivity contribution < 1.29 is 4.79 Å². The Morgan fingerprint density at radius 3 is 2.95 bits per heavy atom. The van der Waals surface area contributed by atoms with E-state index in [9.17, 15) is 9.59 Å². The molecular formula is C15H15N3O2S. The van der Waals surface area contributed by atoms with Crippen molar-refractivity contribution in [3.8, 4) is 11.8 Å². The minimum Gasteiger partial charge on any atom is -0.346 e. The van der Waals surface area contributed by atoms with Crippen molar-refractivity contribution in [1.82, 2.24) is 10.3 Å². The monoisotopic (exact) mass is 301 g/mol. The van der Waals surface area contributed by atoms with Gasteiger partial charge >= 0.3 is 4.87 Å². The first kappa shape index (κ1) is 15.0. The number of rotatable bonds is 3. The van der Waals surface area contributed by atoms with Crippen LogP contribution in [-0.2, 0) is 6.54 Å². The quantitative estimate of drug-likeness (QED) is 0.739. The van der Waals surface area contributed by atoms with Crippen molar-refractivity contribution >= 4 is 17.2 Å². The largest absolute Gasteiger partial charge is 0.346 e. The molecule has 0 saturated heterocycles. The molecule has 1 aromatic carbocycles. The Labute approximate surface area is 126 Å². The molecule has 0 aliphatic carbocycles. The maximum atomic E-state index is 12.2. The predicted molar refractivity (Wildman–Crippen MR) is 83.2 cm³/mol. The smallest absolute Gasteiger partial charge is 0.304 e. The number of amides is 1. The lowest BCUT2D eigenvalue weighted by Crippen LogP contribution is -2.24. The van der Waals surface area contributed by atoms with Gasteiger partial charge in [-0.25, -0.2) is 0 Å². The lowest BCUT2D eigenvalue weighted by molar-refractivity contribution is 0.0950. The van der Waals surface area contributed by atoms with E-state index in [4.69, 9.17) is 5.73 Å². The number of aromatic amines is 1. The maximum Gasteiger partial charge on any atom is 0.304 e. The number of hydrogen-bond donors (Lipinski definition) is 3. The highest BCUT2D eigenvalue weighted by Gasteiger charge is 2.10. The van der Waals surface area contributed by atoms with Gasteiger partial charge in [-0.05, 0) is 24.6 Å². The average Bonchev–Trinajstić information content (AvgIpc) is 2.88. The minimum absolute atomic E-state index is 0.135. The second-order valence-corrected chi connectivity index (χ2v) is 5.25. The number of H-pyrrole nitrogens is 1. The first-order valence-corrected chi connectivity index (χ1v) is 7.22. The highest BCUT2D eigenvalue weighted by Crippen LogP contribution is 2.11. The summed E-state index contributed by atoms with van der Waals surface area (Å²) in [6, 6.07) is 5.45. The molecule has 0 fully saturated rings. The highest BCUT2D eigenvalue weighted by molar-refractivity contribution is 7.07. The Kier molecular flexibility index (Phi) is 4.93. The zero-order chi connectivity index (χ0) is 15.2. The van der Waals surface area contributed by atoms with Crippen molar-refractivity contribution in [1.29, 1.82) is 0 Å². The van der Waals surface area contributed by atoms with Crippen molar-refractivity contribution in [3.63, 3.8) is 0 Å². The van der Waals surface area contributed by atoms with Crippen LogP contribution in [0, 0.1) is 18.8 Å². The lowest BCUT2D eigenvalue weighted by Gasteiger charge is -2.07. The number of aromatic nitrogens is 1. The predicted octanol–water partition coefficient (Wildman–Crippen LogP) is 0.985. The normalized spacial score (nSPS) is 9.81. The number of aryl methyl sites for hydroxylation is 1. The van der Waals surface area contributed by atoms with Crippen LogP contribution < -0.4 is 15.9 Å². The maximum absolute atomic E-state index is 12.2. The van der Waals surface area contributed by atoms with Crippen LogP contribution in [0.2, 0.25) is 0 Å². The summed E-state index contributed by atoms with van der Waals surface area (Å²) in [5.41, 5.74) is 8.22. The standard InChI is InChI=1S/C15H15N3O2S/c1-10-4-5-13(11(7-10)3-2-6-16)14(19)17-8-12-9-21-15(20)18-12/h4-5,7,9H,6,8,16H2,1H3,(H,17,19)(H,18,20). The summed E-state index contributed by atoms with van der Waals surface area (Å²) >= 11 is 1.07. The summed E-state index contributed by atoms with van der Waals surface area (Å²) in [5.74, 6) is 5.43. The molecule has 1 aromatic heterocycles. The van der Waals surface area contributed by atoms with Gasteiger partial charge in [-0.2, -0.15) is 0 Å². The lowest BCUT2D eigenvalue weighted by atomic mass is 10.0. The SMILES string of the molecule is Cc1ccc(C(=O)NCc2csc(=O)[nH]2)c(C#CCN)c1. The van der Waals surface area contributed by atoms with Gasteiger partial charge in [0, 0.05) is 16.6 Å². The summed E-state index contributed by atoms with van der Waals surface area (Å²) in [6.45, 7) is 2.45. The molecule has 0 radical (unpaired) electrons. The average molecular weight is 301 g/mol. The topological polar surface area (TPSA) is 88.0 Å². The molecule has 0 unspecified atom stereocenters. The van der Waals surface area contributed by atoms with Crippen LogP contribution in [0.15, 0.2) is 28.4 Å². The van der Waals surface area contributed by atoms with Gasteiger partial charge in [0.05, 0.1) is 18.7 Å². The summed E-state index contributed by atoms with van der Waals surface area (Å²) in [7, 11) is 0. The molecule has 0 aliphatic rings. The van der Waals surface area contributed by atoms with Crippen LogP contribution in [0.25, 0.3) is 0 Å². The zero-order valence-electron chi connectivity index (χ0n) is 11.5. The van der Waals surface area contributed by atoms with Crippen LogP contribution in [0.1, 0.15) is 27.2 Å². The Balaban J connectivity index is 2.16. The van der Waals surface area contributed by atoms with Gasteiger partial charge in [-0.1, -0.05) is 29.2 Å². The van der Waals surface area contributed by atoms with Crippen LogP contribution in [0.3, 0.4) is 0 Å². The molecule has 1 amide bonds. The molecule has 1 heterocycles. The van der Waals surface area contributed by atoms with E-state index in [1.54, 1.807) is 11.4 Å². The van der Waals surface area contributed by atoms with Gasteiger partial charge in [0.25, 0.3) is 5.91 Å². The van der Waals surface area contributed by atoms with Gasteiger partial charge in [0.15, 0.2) is 0 Å². The number of nitrogens with two attached hydrogens (primary N) is 1. The van der Waals surface area contributed by atoms with Crippen LogP contribution in [0.4, 0.5) is 0 Å². The molecule has 0 bridgehead atoms. The van der Waals surface area contributed by atoms with Crippen LogP contribution in [0.5, 0.6) is 0 Å². The molecule has 6 heteroatoms. The van der Waals surface area contributed by atoms with Crippen molar-refractivity contribution in [2.45, 2.75) is 13.5 Å². The molecule has 0 aliphatic heterocycles. The van der Waals surface area contributed by atoms with Crippen molar-refractivity contribution in [3.05, 3.63) is 55.6 Å². The van der Waals surface area contributed by atoms with Gasteiger partial charge in [0.1, 0.15) is 0 Å². The fraction of sp³-hybridized carbons (Fsp3) is 0.200. The van der Waals surface area contributed by atoms with E-state index in [-0.39, 0.29) is 23.9 Å². The Bertz CT molecular complexity index is 765. The number of thiazole rings is 1. The number of carbonyl (C=O) groups excluding carboxylic acids is 1. The Morgan fingerprint density at radius 2 is 2.29 bits per heavy atom. The fourth-order valence-corrected chi connectivity index (χ4v) is 2.36. The van der Waals surface area contributed by atoms with Gasteiger partial charge in [-0.15, -0.1) is 0 Å². The summed E-state index contributed by atoms with van der Waals surface area (Å²) in [5, 5.41) is 4.45. The third-order valence-corrected chi connectivity index (χ3v) is 3.47. The van der Waals surface area contributed by atoms with Crippen molar-refractivity contribution in [2.24, 2.45) is 5.73 Å². The second kappa shape index (κ2) is 6.88. The summed E-state index contributed by atoms with van der Waals surface area (Å²) < 4.78 is 0. The first-order chi connectivity index (χ1) is 10.1. The third-order valence-electron chi connectivity index (χ3n) is 2.76. The van der Waals surface area contributed by atoms with Crippen molar-refractivity contribution in [2.75, 3.05) is 6.54 Å². The summed E-state index contributed by atoms with van der Waals surface area (Å²) in [6.07, 6.45) is 0. The Morgan fingerprint density at radius 1 is 1.48 bits per heavy atom. The van der Waals surface area contributed by atoms with E-state index in [1.807, 2.05) is 19.1 Å². The van der Waals surface area contributed by atoms with E-state index in [1.165, 1.54) is 0 Å². The van der Waals surface area contributed by atoms with E-state index in [0.29, 0.717) is 16.8 Å². The molecule has 2 aromatic rings.